The van der Waals surface area contributed by atoms with Gasteiger partial charge in [-0.05, 0) is 24.1 Å². The average molecular weight is 148 g/mol. The number of rotatable bonds is 2. The monoisotopic (exact) mass is 148 g/mol. The topological polar surface area (TPSA) is 38.9 Å². The number of aromatic nitrogens is 1. The third-order valence-electron chi connectivity index (χ3n) is 1.60. The number of hydrogen-bond acceptors (Lipinski definition) is 2. The third-order valence-corrected chi connectivity index (χ3v) is 1.60. The van der Waals surface area contributed by atoms with Crippen molar-refractivity contribution in [2.45, 2.75) is 13.5 Å². The van der Waals surface area contributed by atoms with E-state index in [0.29, 0.717) is 6.54 Å². The maximum absolute atomic E-state index is 5.49. The highest BCUT2D eigenvalue weighted by molar-refractivity contribution is 5.51. The van der Waals surface area contributed by atoms with Crippen molar-refractivity contribution in [1.29, 1.82) is 0 Å². The minimum absolute atomic E-state index is 0.522. The van der Waals surface area contributed by atoms with Crippen molar-refractivity contribution in [3.8, 4) is 0 Å². The Bertz CT molecular complexity index is 266. The molecule has 2 heteroatoms. The Kier molecular flexibility index (Phi) is 2.39. The molecule has 2 N–H and O–H groups in total. The van der Waals surface area contributed by atoms with E-state index in [1.165, 1.54) is 0 Å². The van der Waals surface area contributed by atoms with Crippen LogP contribution in [0.2, 0.25) is 0 Å². The molecule has 1 aromatic heterocycles. The van der Waals surface area contributed by atoms with Gasteiger partial charge in [-0.3, -0.25) is 4.98 Å². The summed E-state index contributed by atoms with van der Waals surface area (Å²) in [5.41, 5.74) is 8.62. The molecule has 0 aliphatic heterocycles. The van der Waals surface area contributed by atoms with E-state index in [2.05, 4.69) is 11.6 Å². The number of aryl methyl sites for hydroxylation is 1. The predicted octanol–water partition coefficient (Wildman–Crippen LogP) is 1.49. The lowest BCUT2D eigenvalue weighted by atomic mass is 10.1. The van der Waals surface area contributed by atoms with Gasteiger partial charge in [0.25, 0.3) is 0 Å². The van der Waals surface area contributed by atoms with Crippen molar-refractivity contribution >= 4 is 6.08 Å². The summed E-state index contributed by atoms with van der Waals surface area (Å²) in [5.74, 6) is 0. The lowest BCUT2D eigenvalue weighted by molar-refractivity contribution is 1.03. The molecule has 0 aliphatic rings. The fraction of sp³-hybridized carbons (Fsp3) is 0.222. The predicted molar refractivity (Wildman–Crippen MR) is 47.0 cm³/mol. The normalized spacial score (nSPS) is 9.64. The zero-order chi connectivity index (χ0) is 8.27. The van der Waals surface area contributed by atoms with Crippen LogP contribution in [0.25, 0.3) is 6.08 Å². The van der Waals surface area contributed by atoms with Gasteiger partial charge in [-0.25, -0.2) is 0 Å². The van der Waals surface area contributed by atoms with E-state index in [1.807, 2.05) is 13.0 Å². The van der Waals surface area contributed by atoms with E-state index in [1.54, 1.807) is 12.3 Å². The molecular formula is C9H12N2. The van der Waals surface area contributed by atoms with Crippen LogP contribution >= 0.6 is 0 Å². The molecule has 0 fully saturated rings. The van der Waals surface area contributed by atoms with Crippen molar-refractivity contribution < 1.29 is 0 Å². The largest absolute Gasteiger partial charge is 0.326 e. The van der Waals surface area contributed by atoms with Gasteiger partial charge in [-0.15, -0.1) is 0 Å². The minimum atomic E-state index is 0.522. The van der Waals surface area contributed by atoms with Gasteiger partial charge in [0.15, 0.2) is 0 Å². The summed E-state index contributed by atoms with van der Waals surface area (Å²) in [7, 11) is 0. The van der Waals surface area contributed by atoms with E-state index in [4.69, 9.17) is 5.73 Å². The van der Waals surface area contributed by atoms with Gasteiger partial charge >= 0.3 is 0 Å². The summed E-state index contributed by atoms with van der Waals surface area (Å²) in [4.78, 5) is 4.13. The lowest BCUT2D eigenvalue weighted by Gasteiger charge is -2.02. The Labute approximate surface area is 66.8 Å². The number of pyridine rings is 1. The summed E-state index contributed by atoms with van der Waals surface area (Å²) < 4.78 is 0. The fourth-order valence-electron chi connectivity index (χ4n) is 0.970. The smallest absolute Gasteiger partial charge is 0.0378 e. The first-order valence-corrected chi connectivity index (χ1v) is 3.56. The molecule has 1 heterocycles. The van der Waals surface area contributed by atoms with Crippen LogP contribution in [0.15, 0.2) is 18.8 Å². The highest BCUT2D eigenvalue weighted by Gasteiger charge is 1.96. The third kappa shape index (κ3) is 1.65. The van der Waals surface area contributed by atoms with Crippen LogP contribution in [0.1, 0.15) is 16.8 Å². The van der Waals surface area contributed by atoms with Crippen molar-refractivity contribution in [3.05, 3.63) is 35.7 Å². The first-order valence-electron chi connectivity index (χ1n) is 3.56. The Hall–Kier alpha value is -1.15. The molecule has 11 heavy (non-hydrogen) atoms. The van der Waals surface area contributed by atoms with Crippen LogP contribution in [0.4, 0.5) is 0 Å². The van der Waals surface area contributed by atoms with E-state index in [0.717, 1.165) is 16.8 Å². The van der Waals surface area contributed by atoms with E-state index >= 15 is 0 Å². The fourth-order valence-corrected chi connectivity index (χ4v) is 0.970. The molecule has 0 radical (unpaired) electrons. The molecular weight excluding hydrogens is 136 g/mol. The Morgan fingerprint density at radius 2 is 2.45 bits per heavy atom. The Balaban J connectivity index is 3.16. The zero-order valence-corrected chi connectivity index (χ0v) is 6.67. The summed E-state index contributed by atoms with van der Waals surface area (Å²) in [6, 6.07) is 1.98. The van der Waals surface area contributed by atoms with E-state index in [9.17, 15) is 0 Å². The lowest BCUT2D eigenvalue weighted by Crippen LogP contribution is -2.00. The van der Waals surface area contributed by atoms with Gasteiger partial charge < -0.3 is 5.73 Å². The second kappa shape index (κ2) is 3.30. The van der Waals surface area contributed by atoms with E-state index in [-0.39, 0.29) is 0 Å². The van der Waals surface area contributed by atoms with Crippen LogP contribution in [-0.4, -0.2) is 4.98 Å². The van der Waals surface area contributed by atoms with Crippen molar-refractivity contribution in [2.75, 3.05) is 0 Å². The molecule has 0 spiro atoms. The van der Waals surface area contributed by atoms with Crippen molar-refractivity contribution in [2.24, 2.45) is 5.73 Å². The zero-order valence-electron chi connectivity index (χ0n) is 6.67. The van der Waals surface area contributed by atoms with E-state index < -0.39 is 0 Å². The first-order chi connectivity index (χ1) is 5.27. The SMILES string of the molecule is C=Cc1cc(C)ncc1CN. The molecule has 0 saturated carbocycles. The molecule has 0 bridgehead atoms. The first kappa shape index (κ1) is 7.95. The molecule has 0 amide bonds. The second-order valence-corrected chi connectivity index (χ2v) is 2.43. The highest BCUT2D eigenvalue weighted by atomic mass is 14.7. The molecule has 1 rings (SSSR count). The summed E-state index contributed by atoms with van der Waals surface area (Å²) in [6.07, 6.45) is 3.60. The summed E-state index contributed by atoms with van der Waals surface area (Å²) in [5, 5.41) is 0. The van der Waals surface area contributed by atoms with Gasteiger partial charge in [0.05, 0.1) is 0 Å². The Morgan fingerprint density at radius 3 is 3.00 bits per heavy atom. The Morgan fingerprint density at radius 1 is 1.73 bits per heavy atom. The van der Waals surface area contributed by atoms with Crippen LogP contribution < -0.4 is 5.73 Å². The molecule has 0 aromatic carbocycles. The van der Waals surface area contributed by atoms with Crippen LogP contribution in [0, 0.1) is 6.92 Å². The van der Waals surface area contributed by atoms with Crippen molar-refractivity contribution in [3.63, 3.8) is 0 Å². The van der Waals surface area contributed by atoms with Gasteiger partial charge in [0.2, 0.25) is 0 Å². The number of nitrogens with zero attached hydrogens (tertiary/aromatic N) is 1. The maximum Gasteiger partial charge on any atom is 0.0378 e. The number of hydrogen-bond donors (Lipinski definition) is 1. The molecule has 0 atom stereocenters. The van der Waals surface area contributed by atoms with Gasteiger partial charge in [-0.1, -0.05) is 12.7 Å². The van der Waals surface area contributed by atoms with Crippen LogP contribution in [-0.2, 0) is 6.54 Å². The molecule has 2 nitrogen and oxygen atoms in total. The van der Waals surface area contributed by atoms with Crippen LogP contribution in [0.3, 0.4) is 0 Å². The average Bonchev–Trinajstić information content (AvgIpc) is 2.04. The molecule has 0 aliphatic carbocycles. The molecule has 0 saturated heterocycles. The minimum Gasteiger partial charge on any atom is -0.326 e. The summed E-state index contributed by atoms with van der Waals surface area (Å²) in [6.45, 7) is 6.17. The van der Waals surface area contributed by atoms with Gasteiger partial charge in [0, 0.05) is 18.4 Å². The summed E-state index contributed by atoms with van der Waals surface area (Å²) >= 11 is 0. The standard InChI is InChI=1S/C9H12N2/c1-3-8-4-7(2)11-6-9(8)5-10/h3-4,6H,1,5,10H2,2H3. The van der Waals surface area contributed by atoms with Crippen molar-refractivity contribution in [1.82, 2.24) is 4.98 Å². The molecule has 0 unspecified atom stereocenters. The molecule has 58 valence electrons. The van der Waals surface area contributed by atoms with Gasteiger partial charge in [0.1, 0.15) is 0 Å². The quantitative estimate of drug-likeness (QED) is 0.690. The maximum atomic E-state index is 5.49. The second-order valence-electron chi connectivity index (χ2n) is 2.43. The van der Waals surface area contributed by atoms with Gasteiger partial charge in [-0.2, -0.15) is 0 Å². The van der Waals surface area contributed by atoms with Crippen LogP contribution in [0.5, 0.6) is 0 Å². The number of nitrogens with two attached hydrogens (primary N) is 1. The molecule has 1 aromatic rings. The highest BCUT2D eigenvalue weighted by Crippen LogP contribution is 2.09.